The molecule has 0 aromatic heterocycles. The number of rotatable bonds is 13. The molecule has 0 atom stereocenters. The van der Waals surface area contributed by atoms with E-state index in [0.717, 1.165) is 39.5 Å². The van der Waals surface area contributed by atoms with Crippen LogP contribution >= 0.6 is 11.8 Å². The summed E-state index contributed by atoms with van der Waals surface area (Å²) >= 11 is 1.68. The highest BCUT2D eigenvalue weighted by Crippen LogP contribution is 2.42. The second-order valence-electron chi connectivity index (χ2n) is 8.79. The van der Waals surface area contributed by atoms with E-state index in [1.54, 1.807) is 18.9 Å². The first kappa shape index (κ1) is 26.7. The standard InChI is InChI=1S/C30H37NO3S/c1-5-6-7-8-9-10-19-34-29-20-27(24-13-15-25(33-4)16-14-24)30(21-28(29)31-23(3)32)35-26-17-11-22(2)12-18-26/h11-18,20-21H,5-10,19H2,1-4H3,(H,31,32). The summed E-state index contributed by atoms with van der Waals surface area (Å²) in [5.74, 6) is 1.40. The number of unbranched alkanes of at least 4 members (excludes halogenated alkanes) is 5. The highest BCUT2D eigenvalue weighted by Gasteiger charge is 2.15. The average Bonchev–Trinajstić information content (AvgIpc) is 2.85. The Bertz CT molecular complexity index is 1080. The first-order valence-electron chi connectivity index (χ1n) is 12.5. The van der Waals surface area contributed by atoms with Gasteiger partial charge in [-0.05, 0) is 60.9 Å². The fourth-order valence-corrected chi connectivity index (χ4v) is 4.83. The molecule has 0 unspecified atom stereocenters. The zero-order chi connectivity index (χ0) is 25.0. The number of carbonyl (C=O) groups excluding carboxylic acids is 1. The molecule has 3 aromatic carbocycles. The molecule has 0 aliphatic heterocycles. The van der Waals surface area contributed by atoms with E-state index >= 15 is 0 Å². The van der Waals surface area contributed by atoms with Crippen LogP contribution in [-0.2, 0) is 4.79 Å². The molecule has 1 N–H and O–H groups in total. The Morgan fingerprint density at radius 1 is 0.914 bits per heavy atom. The van der Waals surface area contributed by atoms with Crippen LogP contribution in [0.4, 0.5) is 5.69 Å². The highest BCUT2D eigenvalue weighted by molar-refractivity contribution is 7.99. The Hall–Kier alpha value is -2.92. The maximum absolute atomic E-state index is 12.0. The van der Waals surface area contributed by atoms with Gasteiger partial charge in [0, 0.05) is 16.7 Å². The fourth-order valence-electron chi connectivity index (χ4n) is 3.85. The van der Waals surface area contributed by atoms with Crippen LogP contribution in [-0.4, -0.2) is 19.6 Å². The number of benzene rings is 3. The number of amides is 1. The van der Waals surface area contributed by atoms with Gasteiger partial charge in [0.25, 0.3) is 0 Å². The summed E-state index contributed by atoms with van der Waals surface area (Å²) in [6, 6.07) is 20.6. The molecule has 0 aliphatic rings. The lowest BCUT2D eigenvalue weighted by atomic mass is 10.0. The van der Waals surface area contributed by atoms with Gasteiger partial charge in [0.2, 0.25) is 5.91 Å². The van der Waals surface area contributed by atoms with Gasteiger partial charge in [-0.2, -0.15) is 0 Å². The van der Waals surface area contributed by atoms with E-state index in [4.69, 9.17) is 9.47 Å². The first-order chi connectivity index (χ1) is 17.0. The molecule has 3 rings (SSSR count). The third kappa shape index (κ3) is 8.36. The van der Waals surface area contributed by atoms with Crippen molar-refractivity contribution in [3.8, 4) is 22.6 Å². The van der Waals surface area contributed by atoms with Crippen molar-refractivity contribution in [3.05, 3.63) is 66.2 Å². The number of ether oxygens (including phenoxy) is 2. The number of anilines is 1. The molecule has 5 heteroatoms. The van der Waals surface area contributed by atoms with Crippen LogP contribution in [0.15, 0.2) is 70.5 Å². The zero-order valence-corrected chi connectivity index (χ0v) is 22.2. The molecule has 0 bridgehead atoms. The summed E-state index contributed by atoms with van der Waals surface area (Å²) in [6.45, 7) is 6.47. The van der Waals surface area contributed by atoms with E-state index in [0.29, 0.717) is 18.0 Å². The van der Waals surface area contributed by atoms with Gasteiger partial charge in [-0.25, -0.2) is 0 Å². The minimum Gasteiger partial charge on any atom is -0.497 e. The maximum Gasteiger partial charge on any atom is 0.221 e. The SMILES string of the molecule is CCCCCCCCOc1cc(-c2ccc(OC)cc2)c(Sc2ccc(C)cc2)cc1NC(C)=O. The van der Waals surface area contributed by atoms with Gasteiger partial charge in [-0.1, -0.05) is 80.6 Å². The number of methoxy groups -OCH3 is 1. The van der Waals surface area contributed by atoms with Crippen LogP contribution < -0.4 is 14.8 Å². The third-order valence-electron chi connectivity index (χ3n) is 5.80. The normalized spacial score (nSPS) is 10.7. The molecular weight excluding hydrogens is 454 g/mol. The summed E-state index contributed by atoms with van der Waals surface area (Å²) in [7, 11) is 1.67. The molecule has 186 valence electrons. The third-order valence-corrected chi connectivity index (χ3v) is 6.86. The van der Waals surface area contributed by atoms with Crippen molar-refractivity contribution < 1.29 is 14.3 Å². The predicted molar refractivity (Wildman–Crippen MR) is 147 cm³/mol. The van der Waals surface area contributed by atoms with Crippen LogP contribution in [0.5, 0.6) is 11.5 Å². The van der Waals surface area contributed by atoms with Gasteiger partial charge in [0.05, 0.1) is 19.4 Å². The van der Waals surface area contributed by atoms with Crippen molar-refractivity contribution in [2.45, 2.75) is 69.1 Å². The van der Waals surface area contributed by atoms with Gasteiger partial charge in [-0.15, -0.1) is 0 Å². The number of nitrogens with one attached hydrogen (secondary N) is 1. The lowest BCUT2D eigenvalue weighted by molar-refractivity contribution is -0.114. The lowest BCUT2D eigenvalue weighted by Crippen LogP contribution is -2.09. The molecule has 4 nitrogen and oxygen atoms in total. The number of carbonyl (C=O) groups is 1. The van der Waals surface area contributed by atoms with Crippen LogP contribution in [0.3, 0.4) is 0 Å². The predicted octanol–water partition coefficient (Wildman–Crippen LogP) is 8.52. The Kier molecular flexibility index (Phi) is 10.5. The Balaban J connectivity index is 1.92. The van der Waals surface area contributed by atoms with Crippen molar-refractivity contribution in [2.24, 2.45) is 0 Å². The summed E-state index contributed by atoms with van der Waals surface area (Å²) in [4.78, 5) is 14.2. The molecule has 0 heterocycles. The van der Waals surface area contributed by atoms with Crippen molar-refractivity contribution in [1.82, 2.24) is 0 Å². The highest BCUT2D eigenvalue weighted by atomic mass is 32.2. The molecule has 1 amide bonds. The van der Waals surface area contributed by atoms with Gasteiger partial charge in [0.1, 0.15) is 11.5 Å². The van der Waals surface area contributed by atoms with Crippen molar-refractivity contribution in [3.63, 3.8) is 0 Å². The quantitative estimate of drug-likeness (QED) is 0.243. The van der Waals surface area contributed by atoms with Crippen molar-refractivity contribution in [2.75, 3.05) is 19.0 Å². The molecule has 0 radical (unpaired) electrons. The number of hydrogen-bond acceptors (Lipinski definition) is 4. The fraction of sp³-hybridized carbons (Fsp3) is 0.367. The molecule has 0 fully saturated rings. The van der Waals surface area contributed by atoms with E-state index in [-0.39, 0.29) is 5.91 Å². The van der Waals surface area contributed by atoms with Crippen molar-refractivity contribution >= 4 is 23.4 Å². The molecule has 35 heavy (non-hydrogen) atoms. The van der Waals surface area contributed by atoms with Crippen LogP contribution in [0.2, 0.25) is 0 Å². The van der Waals surface area contributed by atoms with E-state index in [9.17, 15) is 4.79 Å². The van der Waals surface area contributed by atoms with Crippen molar-refractivity contribution in [1.29, 1.82) is 0 Å². The van der Waals surface area contributed by atoms with E-state index < -0.39 is 0 Å². The molecule has 0 aliphatic carbocycles. The van der Waals surface area contributed by atoms with Gasteiger partial charge in [-0.3, -0.25) is 4.79 Å². The minimum absolute atomic E-state index is 0.113. The topological polar surface area (TPSA) is 47.6 Å². The van der Waals surface area contributed by atoms with E-state index in [1.807, 2.05) is 18.2 Å². The zero-order valence-electron chi connectivity index (χ0n) is 21.4. The minimum atomic E-state index is -0.113. The molecule has 0 saturated carbocycles. The smallest absolute Gasteiger partial charge is 0.221 e. The lowest BCUT2D eigenvalue weighted by Gasteiger charge is -2.18. The largest absolute Gasteiger partial charge is 0.497 e. The maximum atomic E-state index is 12.0. The average molecular weight is 492 g/mol. The number of aryl methyl sites for hydroxylation is 1. The molecule has 3 aromatic rings. The summed E-state index contributed by atoms with van der Waals surface area (Å²) in [5, 5.41) is 2.98. The Labute approximate surface area is 214 Å². The summed E-state index contributed by atoms with van der Waals surface area (Å²) in [6.07, 6.45) is 7.21. The van der Waals surface area contributed by atoms with Crippen LogP contribution in [0.1, 0.15) is 57.9 Å². The van der Waals surface area contributed by atoms with Gasteiger partial charge >= 0.3 is 0 Å². The Morgan fingerprint density at radius 3 is 2.26 bits per heavy atom. The second-order valence-corrected chi connectivity index (χ2v) is 9.90. The van der Waals surface area contributed by atoms with Gasteiger partial charge < -0.3 is 14.8 Å². The molecule has 0 saturated heterocycles. The molecular formula is C30H37NO3S. The van der Waals surface area contributed by atoms with Crippen LogP contribution in [0, 0.1) is 6.92 Å². The monoisotopic (exact) mass is 491 g/mol. The van der Waals surface area contributed by atoms with Gasteiger partial charge in [0.15, 0.2) is 0 Å². The number of hydrogen-bond donors (Lipinski definition) is 1. The summed E-state index contributed by atoms with van der Waals surface area (Å²) < 4.78 is 11.6. The summed E-state index contributed by atoms with van der Waals surface area (Å²) in [5.41, 5.74) is 4.06. The second kappa shape index (κ2) is 13.8. The van der Waals surface area contributed by atoms with Crippen LogP contribution in [0.25, 0.3) is 11.1 Å². The van der Waals surface area contributed by atoms with E-state index in [1.165, 1.54) is 38.2 Å². The molecule has 0 spiro atoms. The Morgan fingerprint density at radius 2 is 1.60 bits per heavy atom. The van der Waals surface area contributed by atoms with E-state index in [2.05, 4.69) is 61.6 Å². The first-order valence-corrected chi connectivity index (χ1v) is 13.3.